The molecule has 0 fully saturated rings. The van der Waals surface area contributed by atoms with Gasteiger partial charge in [0.05, 0.1) is 11.3 Å². The second-order valence-electron chi connectivity index (χ2n) is 6.29. The van der Waals surface area contributed by atoms with E-state index in [1.165, 1.54) is 0 Å². The fraction of sp³-hybridized carbons (Fsp3) is 0.286. The summed E-state index contributed by atoms with van der Waals surface area (Å²) in [6.45, 7) is 1.99. The zero-order chi connectivity index (χ0) is 19.9. The Morgan fingerprint density at radius 1 is 1.18 bits per heavy atom. The number of esters is 1. The number of hydrogen-bond acceptors (Lipinski definition) is 6. The molecule has 1 heterocycles. The van der Waals surface area contributed by atoms with Crippen LogP contribution < -0.4 is 9.64 Å². The number of amides is 1. The van der Waals surface area contributed by atoms with Crippen molar-refractivity contribution < 1.29 is 19.1 Å². The molecule has 144 valence electrons. The maximum atomic E-state index is 12.7. The Balaban J connectivity index is 1.56. The lowest BCUT2D eigenvalue weighted by molar-refractivity contribution is -0.149. The van der Waals surface area contributed by atoms with E-state index in [4.69, 9.17) is 14.7 Å². The van der Waals surface area contributed by atoms with E-state index in [1.807, 2.05) is 30.3 Å². The fourth-order valence-corrected chi connectivity index (χ4v) is 3.94. The van der Waals surface area contributed by atoms with Gasteiger partial charge in [-0.1, -0.05) is 31.2 Å². The van der Waals surface area contributed by atoms with Gasteiger partial charge < -0.3 is 14.4 Å². The molecule has 28 heavy (non-hydrogen) atoms. The molecule has 0 aliphatic carbocycles. The van der Waals surface area contributed by atoms with Crippen LogP contribution in [0.2, 0.25) is 0 Å². The molecule has 0 N–H and O–H groups in total. The van der Waals surface area contributed by atoms with Crippen molar-refractivity contribution in [1.29, 1.82) is 5.26 Å². The fourth-order valence-electron chi connectivity index (χ4n) is 2.83. The van der Waals surface area contributed by atoms with Crippen molar-refractivity contribution in [2.45, 2.75) is 23.5 Å². The van der Waals surface area contributed by atoms with E-state index in [-0.39, 0.29) is 19.1 Å². The summed E-state index contributed by atoms with van der Waals surface area (Å²) in [6, 6.07) is 16.3. The van der Waals surface area contributed by atoms with E-state index < -0.39 is 5.97 Å². The first-order valence-corrected chi connectivity index (χ1v) is 9.80. The third-order valence-electron chi connectivity index (χ3n) is 4.25. The van der Waals surface area contributed by atoms with Crippen LogP contribution in [0, 0.1) is 11.3 Å². The van der Waals surface area contributed by atoms with Crippen molar-refractivity contribution in [2.24, 2.45) is 0 Å². The van der Waals surface area contributed by atoms with Crippen LogP contribution in [-0.4, -0.2) is 36.9 Å². The minimum atomic E-state index is -0.660. The van der Waals surface area contributed by atoms with Crippen LogP contribution in [0.4, 0.5) is 5.69 Å². The molecule has 3 rings (SSSR count). The molecule has 0 saturated carbocycles. The minimum Gasteiger partial charge on any atom is -0.481 e. The van der Waals surface area contributed by atoms with Gasteiger partial charge in [-0.2, -0.15) is 5.26 Å². The zero-order valence-electron chi connectivity index (χ0n) is 15.5. The van der Waals surface area contributed by atoms with Gasteiger partial charge in [-0.05, 0) is 30.7 Å². The lowest BCUT2D eigenvalue weighted by Gasteiger charge is -2.22. The summed E-state index contributed by atoms with van der Waals surface area (Å²) < 4.78 is 10.4. The van der Waals surface area contributed by atoms with Gasteiger partial charge in [0.15, 0.2) is 13.2 Å². The molecule has 1 aliphatic rings. The van der Waals surface area contributed by atoms with Crippen molar-refractivity contribution in [1.82, 2.24) is 0 Å². The largest absolute Gasteiger partial charge is 0.481 e. The molecule has 6 nitrogen and oxygen atoms in total. The number of rotatable bonds is 5. The molecule has 0 aromatic heterocycles. The molecule has 0 unspecified atom stereocenters. The monoisotopic (exact) mass is 396 g/mol. The SMILES string of the molecule is C[C@@H]1CCN(C(=O)COC(=O)COc2ccccc2C#N)c2ccccc2S1. The van der Waals surface area contributed by atoms with Crippen LogP contribution >= 0.6 is 11.8 Å². The summed E-state index contributed by atoms with van der Waals surface area (Å²) in [5.74, 6) is -0.624. The first-order chi connectivity index (χ1) is 13.6. The highest BCUT2D eigenvalue weighted by Crippen LogP contribution is 2.37. The average Bonchev–Trinajstić information content (AvgIpc) is 2.88. The number of carbonyl (C=O) groups excluding carboxylic acids is 2. The Bertz CT molecular complexity index is 909. The van der Waals surface area contributed by atoms with Crippen LogP contribution in [0.3, 0.4) is 0 Å². The number of para-hydroxylation sites is 2. The second kappa shape index (κ2) is 9.29. The highest BCUT2D eigenvalue weighted by atomic mass is 32.2. The summed E-state index contributed by atoms with van der Waals surface area (Å²) in [5, 5.41) is 9.43. The van der Waals surface area contributed by atoms with E-state index >= 15 is 0 Å². The minimum absolute atomic E-state index is 0.270. The molecule has 0 bridgehead atoms. The summed E-state index contributed by atoms with van der Waals surface area (Å²) in [7, 11) is 0. The first kappa shape index (κ1) is 19.8. The quantitative estimate of drug-likeness (QED) is 0.721. The highest BCUT2D eigenvalue weighted by Gasteiger charge is 2.24. The van der Waals surface area contributed by atoms with E-state index in [0.717, 1.165) is 17.0 Å². The van der Waals surface area contributed by atoms with E-state index in [1.54, 1.807) is 40.9 Å². The van der Waals surface area contributed by atoms with Crippen LogP contribution in [-0.2, 0) is 14.3 Å². The molecule has 1 amide bonds. The molecule has 2 aromatic rings. The van der Waals surface area contributed by atoms with Gasteiger partial charge in [0, 0.05) is 16.7 Å². The van der Waals surface area contributed by atoms with Crippen molar-refractivity contribution in [3.8, 4) is 11.8 Å². The van der Waals surface area contributed by atoms with Crippen LogP contribution in [0.25, 0.3) is 0 Å². The maximum Gasteiger partial charge on any atom is 0.344 e. The Morgan fingerprint density at radius 2 is 1.93 bits per heavy atom. The summed E-state index contributed by atoms with van der Waals surface area (Å²) in [5.41, 5.74) is 1.18. The summed E-state index contributed by atoms with van der Waals surface area (Å²) in [6.07, 6.45) is 0.854. The van der Waals surface area contributed by atoms with Gasteiger partial charge in [-0.25, -0.2) is 4.79 Å². The normalized spacial score (nSPS) is 15.7. The van der Waals surface area contributed by atoms with Crippen LogP contribution in [0.1, 0.15) is 18.9 Å². The van der Waals surface area contributed by atoms with Gasteiger partial charge in [0.25, 0.3) is 5.91 Å². The van der Waals surface area contributed by atoms with Gasteiger partial charge in [-0.3, -0.25) is 4.79 Å². The Labute approximate surface area is 168 Å². The number of hydrogen-bond donors (Lipinski definition) is 0. The molecule has 1 aliphatic heterocycles. The van der Waals surface area contributed by atoms with Crippen molar-refractivity contribution in [3.05, 3.63) is 54.1 Å². The Kier molecular flexibility index (Phi) is 6.56. The van der Waals surface area contributed by atoms with Gasteiger partial charge in [0.2, 0.25) is 0 Å². The maximum absolute atomic E-state index is 12.7. The van der Waals surface area contributed by atoms with Crippen molar-refractivity contribution in [2.75, 3.05) is 24.7 Å². The number of nitriles is 1. The standard InChI is InChI=1S/C21H20N2O4S/c1-15-10-11-23(17-7-3-5-9-19(17)28-15)20(24)13-27-21(25)14-26-18-8-4-2-6-16(18)12-22/h2-9,15H,10-11,13-14H2,1H3/t15-/m1/s1. The molecule has 7 heteroatoms. The topological polar surface area (TPSA) is 79.6 Å². The van der Waals surface area contributed by atoms with Crippen LogP contribution in [0.5, 0.6) is 5.75 Å². The van der Waals surface area contributed by atoms with Gasteiger partial charge in [-0.15, -0.1) is 11.8 Å². The number of fused-ring (bicyclic) bond motifs is 1. The highest BCUT2D eigenvalue weighted by molar-refractivity contribution is 8.00. The smallest absolute Gasteiger partial charge is 0.344 e. The third kappa shape index (κ3) is 4.84. The number of thioether (sulfide) groups is 1. The molecule has 2 aromatic carbocycles. The Morgan fingerprint density at radius 3 is 2.75 bits per heavy atom. The van der Waals surface area contributed by atoms with E-state index in [9.17, 15) is 9.59 Å². The predicted molar refractivity (Wildman–Crippen MR) is 106 cm³/mol. The first-order valence-electron chi connectivity index (χ1n) is 8.92. The molecular weight excluding hydrogens is 376 g/mol. The predicted octanol–water partition coefficient (Wildman–Crippen LogP) is 3.40. The number of benzene rings is 2. The third-order valence-corrected chi connectivity index (χ3v) is 5.49. The van der Waals surface area contributed by atoms with E-state index in [2.05, 4.69) is 6.92 Å². The molecule has 0 saturated heterocycles. The average molecular weight is 396 g/mol. The molecule has 0 radical (unpaired) electrons. The Hall–Kier alpha value is -2.98. The zero-order valence-corrected chi connectivity index (χ0v) is 16.3. The van der Waals surface area contributed by atoms with Gasteiger partial charge >= 0.3 is 5.97 Å². The summed E-state index contributed by atoms with van der Waals surface area (Å²) >= 11 is 1.74. The summed E-state index contributed by atoms with van der Waals surface area (Å²) in [4.78, 5) is 27.3. The second-order valence-corrected chi connectivity index (χ2v) is 7.77. The van der Waals surface area contributed by atoms with Crippen molar-refractivity contribution in [3.63, 3.8) is 0 Å². The molecule has 0 spiro atoms. The molecule has 1 atom stereocenters. The number of ether oxygens (including phenoxy) is 2. The number of carbonyl (C=O) groups is 2. The van der Waals surface area contributed by atoms with Crippen molar-refractivity contribution >= 4 is 29.3 Å². The number of nitrogens with zero attached hydrogens (tertiary/aromatic N) is 2. The van der Waals surface area contributed by atoms with Gasteiger partial charge in [0.1, 0.15) is 11.8 Å². The lowest BCUT2D eigenvalue weighted by Crippen LogP contribution is -2.36. The molecular formula is C21H20N2O4S. The van der Waals surface area contributed by atoms with E-state index in [0.29, 0.717) is 23.1 Å². The number of anilines is 1. The lowest BCUT2D eigenvalue weighted by atomic mass is 10.2. The van der Waals surface area contributed by atoms with Crippen LogP contribution in [0.15, 0.2) is 53.4 Å².